The van der Waals surface area contributed by atoms with E-state index in [1.54, 1.807) is 0 Å². The minimum absolute atomic E-state index is 0.0110. The number of hydrogen-bond acceptors (Lipinski definition) is 2. The van der Waals surface area contributed by atoms with E-state index in [4.69, 9.17) is 0 Å². The fourth-order valence-corrected chi connectivity index (χ4v) is 1.82. The number of rotatable bonds is 2. The number of hydrogen-bond donors (Lipinski definition) is 0. The first-order chi connectivity index (χ1) is 6.15. The molecule has 0 aliphatic carbocycles. The zero-order valence-electron chi connectivity index (χ0n) is 7.58. The normalized spacial score (nSPS) is 12.5. The molecule has 1 nitrogen and oxygen atoms in total. The molecular formula is C10H11BrOS. The van der Waals surface area contributed by atoms with E-state index in [1.807, 2.05) is 37.4 Å². The molecular weight excluding hydrogens is 248 g/mol. The second-order valence-corrected chi connectivity index (χ2v) is 4.52. The molecule has 0 saturated heterocycles. The van der Waals surface area contributed by atoms with Crippen molar-refractivity contribution < 1.29 is 4.79 Å². The summed E-state index contributed by atoms with van der Waals surface area (Å²) in [5, 5.41) is 0.210. The van der Waals surface area contributed by atoms with Gasteiger partial charge in [-0.2, -0.15) is 0 Å². The summed E-state index contributed by atoms with van der Waals surface area (Å²) in [6, 6.07) is 7.87. The van der Waals surface area contributed by atoms with Crippen LogP contribution in [-0.2, 0) is 4.79 Å². The number of halogens is 1. The van der Waals surface area contributed by atoms with Crippen LogP contribution in [0, 0.1) is 0 Å². The maximum absolute atomic E-state index is 11.3. The smallest absolute Gasteiger partial charge is 0.195 e. The number of thioether (sulfide) groups is 1. The van der Waals surface area contributed by atoms with E-state index >= 15 is 0 Å². The van der Waals surface area contributed by atoms with E-state index in [2.05, 4.69) is 15.9 Å². The van der Waals surface area contributed by atoms with Crippen molar-refractivity contribution in [1.29, 1.82) is 0 Å². The topological polar surface area (TPSA) is 17.1 Å². The summed E-state index contributed by atoms with van der Waals surface area (Å²) in [7, 11) is 0. The van der Waals surface area contributed by atoms with Crippen molar-refractivity contribution in [3.63, 3.8) is 0 Å². The predicted octanol–water partition coefficient (Wildman–Crippen LogP) is 3.44. The van der Waals surface area contributed by atoms with Crippen LogP contribution in [0.5, 0.6) is 0 Å². The van der Waals surface area contributed by atoms with Crippen molar-refractivity contribution in [1.82, 2.24) is 0 Å². The Hall–Kier alpha value is -0.280. The number of carbonyl (C=O) groups is 1. The van der Waals surface area contributed by atoms with Crippen LogP contribution in [0.1, 0.15) is 18.4 Å². The molecule has 1 aromatic rings. The van der Waals surface area contributed by atoms with Gasteiger partial charge >= 0.3 is 0 Å². The van der Waals surface area contributed by atoms with Gasteiger partial charge in [-0.25, -0.2) is 0 Å². The molecule has 1 unspecified atom stereocenters. The Balaban J connectivity index is 2.83. The van der Waals surface area contributed by atoms with Crippen molar-refractivity contribution in [3.8, 4) is 0 Å². The molecule has 0 saturated carbocycles. The number of carbonyl (C=O) groups excluding carboxylic acids is 1. The van der Waals surface area contributed by atoms with Gasteiger partial charge in [0.2, 0.25) is 0 Å². The van der Waals surface area contributed by atoms with Gasteiger partial charge in [0.05, 0.1) is 5.92 Å². The molecule has 0 radical (unpaired) electrons. The average molecular weight is 259 g/mol. The highest BCUT2D eigenvalue weighted by Gasteiger charge is 2.13. The van der Waals surface area contributed by atoms with Crippen molar-refractivity contribution in [2.75, 3.05) is 6.26 Å². The minimum atomic E-state index is -0.0110. The summed E-state index contributed by atoms with van der Waals surface area (Å²) >= 11 is 4.64. The quantitative estimate of drug-likeness (QED) is 0.809. The van der Waals surface area contributed by atoms with Crippen LogP contribution >= 0.6 is 27.7 Å². The van der Waals surface area contributed by atoms with Crippen LogP contribution in [0.2, 0.25) is 0 Å². The van der Waals surface area contributed by atoms with Crippen LogP contribution < -0.4 is 0 Å². The highest BCUT2D eigenvalue weighted by Crippen LogP contribution is 2.22. The molecule has 0 aliphatic rings. The molecule has 1 atom stereocenters. The first kappa shape index (κ1) is 10.8. The fourth-order valence-electron chi connectivity index (χ4n) is 1.06. The first-order valence-electron chi connectivity index (χ1n) is 3.98. The largest absolute Gasteiger partial charge is 0.287 e. The van der Waals surface area contributed by atoms with Crippen LogP contribution in [0.4, 0.5) is 0 Å². The van der Waals surface area contributed by atoms with E-state index < -0.39 is 0 Å². The molecule has 1 aromatic carbocycles. The van der Waals surface area contributed by atoms with Crippen molar-refractivity contribution in [2.45, 2.75) is 12.8 Å². The standard InChI is InChI=1S/C10H11BrOS/c1-7(10(12)13-2)8-3-5-9(11)6-4-8/h3-7H,1-2H3. The Kier molecular flexibility index (Phi) is 4.00. The Morgan fingerprint density at radius 1 is 1.38 bits per heavy atom. The lowest BCUT2D eigenvalue weighted by Gasteiger charge is -2.08. The third kappa shape index (κ3) is 2.85. The monoisotopic (exact) mass is 258 g/mol. The van der Waals surface area contributed by atoms with Crippen LogP contribution in [0.15, 0.2) is 28.7 Å². The van der Waals surface area contributed by atoms with Crippen LogP contribution in [0.25, 0.3) is 0 Å². The zero-order chi connectivity index (χ0) is 9.84. The van der Waals surface area contributed by atoms with Crippen LogP contribution in [0.3, 0.4) is 0 Å². The maximum Gasteiger partial charge on any atom is 0.195 e. The van der Waals surface area contributed by atoms with E-state index in [9.17, 15) is 4.79 Å². The fraction of sp³-hybridized carbons (Fsp3) is 0.300. The minimum Gasteiger partial charge on any atom is -0.287 e. The third-order valence-electron chi connectivity index (χ3n) is 1.92. The predicted molar refractivity (Wildman–Crippen MR) is 61.1 cm³/mol. The van der Waals surface area contributed by atoms with Crippen molar-refractivity contribution in [2.24, 2.45) is 0 Å². The second-order valence-electron chi connectivity index (χ2n) is 2.80. The molecule has 0 spiro atoms. The molecule has 0 N–H and O–H groups in total. The molecule has 0 heterocycles. The lowest BCUT2D eigenvalue weighted by atomic mass is 10.0. The molecule has 0 aromatic heterocycles. The molecule has 0 aliphatic heterocycles. The molecule has 0 fully saturated rings. The first-order valence-corrected chi connectivity index (χ1v) is 6.00. The highest BCUT2D eigenvalue weighted by molar-refractivity contribution is 9.10. The molecule has 3 heteroatoms. The zero-order valence-corrected chi connectivity index (χ0v) is 9.98. The van der Waals surface area contributed by atoms with Crippen molar-refractivity contribution >= 4 is 32.8 Å². The van der Waals surface area contributed by atoms with Gasteiger partial charge in [0.15, 0.2) is 5.12 Å². The molecule has 0 bridgehead atoms. The van der Waals surface area contributed by atoms with Gasteiger partial charge < -0.3 is 0 Å². The third-order valence-corrected chi connectivity index (χ3v) is 3.21. The second kappa shape index (κ2) is 4.82. The van der Waals surface area contributed by atoms with E-state index in [0.717, 1.165) is 10.0 Å². The Bertz CT molecular complexity index is 294. The van der Waals surface area contributed by atoms with Gasteiger partial charge in [-0.1, -0.05) is 46.7 Å². The summed E-state index contributed by atoms with van der Waals surface area (Å²) in [6.45, 7) is 1.93. The van der Waals surface area contributed by atoms with Gasteiger partial charge in [-0.3, -0.25) is 4.79 Å². The molecule has 13 heavy (non-hydrogen) atoms. The van der Waals surface area contributed by atoms with Gasteiger partial charge in [-0.05, 0) is 24.0 Å². The lowest BCUT2D eigenvalue weighted by molar-refractivity contribution is -0.111. The average Bonchev–Trinajstić information content (AvgIpc) is 2.17. The Morgan fingerprint density at radius 2 is 1.92 bits per heavy atom. The van der Waals surface area contributed by atoms with Gasteiger partial charge in [0.1, 0.15) is 0 Å². The lowest BCUT2D eigenvalue weighted by Crippen LogP contribution is -2.03. The molecule has 1 rings (SSSR count). The SMILES string of the molecule is CSC(=O)C(C)c1ccc(Br)cc1. The van der Waals surface area contributed by atoms with E-state index in [1.165, 1.54) is 11.8 Å². The van der Waals surface area contributed by atoms with Gasteiger partial charge in [-0.15, -0.1) is 0 Å². The van der Waals surface area contributed by atoms with Gasteiger partial charge in [0, 0.05) is 4.47 Å². The summed E-state index contributed by atoms with van der Waals surface area (Å²) in [5.74, 6) is -0.0110. The summed E-state index contributed by atoms with van der Waals surface area (Å²) in [5.41, 5.74) is 1.07. The Morgan fingerprint density at radius 3 is 2.38 bits per heavy atom. The Labute approximate surface area is 91.0 Å². The highest BCUT2D eigenvalue weighted by atomic mass is 79.9. The summed E-state index contributed by atoms with van der Waals surface area (Å²) < 4.78 is 1.04. The van der Waals surface area contributed by atoms with Crippen LogP contribution in [-0.4, -0.2) is 11.4 Å². The summed E-state index contributed by atoms with van der Waals surface area (Å²) in [4.78, 5) is 11.3. The van der Waals surface area contributed by atoms with Gasteiger partial charge in [0.25, 0.3) is 0 Å². The van der Waals surface area contributed by atoms with E-state index in [0.29, 0.717) is 0 Å². The van der Waals surface area contributed by atoms with Crippen molar-refractivity contribution in [3.05, 3.63) is 34.3 Å². The van der Waals surface area contributed by atoms with E-state index in [-0.39, 0.29) is 11.0 Å². The molecule has 70 valence electrons. The maximum atomic E-state index is 11.3. The summed E-state index contributed by atoms with van der Waals surface area (Å²) in [6.07, 6.45) is 1.82. The molecule has 0 amide bonds. The number of benzene rings is 1.